The van der Waals surface area contributed by atoms with Gasteiger partial charge in [-0.15, -0.1) is 12.4 Å². The maximum Gasteiger partial charge on any atom is 0.257 e. The Hall–Kier alpha value is -1.66. The quantitative estimate of drug-likeness (QED) is 0.898. The molecule has 2 unspecified atom stereocenters. The number of halogens is 1. The van der Waals surface area contributed by atoms with Gasteiger partial charge in [0.15, 0.2) is 0 Å². The molecule has 4 rings (SSSR count). The van der Waals surface area contributed by atoms with Crippen molar-refractivity contribution in [2.75, 3.05) is 0 Å². The van der Waals surface area contributed by atoms with Crippen LogP contribution in [0.15, 0.2) is 16.8 Å². The molecule has 2 N–H and O–H groups in total. The Morgan fingerprint density at radius 1 is 1.39 bits per heavy atom. The minimum absolute atomic E-state index is 0. The Morgan fingerprint density at radius 3 is 2.83 bits per heavy atom. The fourth-order valence-electron chi connectivity index (χ4n) is 3.70. The van der Waals surface area contributed by atoms with Crippen LogP contribution in [0.1, 0.15) is 48.7 Å². The van der Waals surface area contributed by atoms with Gasteiger partial charge in [0.25, 0.3) is 11.6 Å². The Bertz CT molecular complexity index is 705. The minimum atomic E-state index is -0.0519. The number of aromatic nitrogens is 2. The fourth-order valence-corrected chi connectivity index (χ4v) is 3.70. The van der Waals surface area contributed by atoms with Crippen LogP contribution in [-0.4, -0.2) is 34.2 Å². The van der Waals surface area contributed by atoms with Gasteiger partial charge >= 0.3 is 0 Å². The Morgan fingerprint density at radius 2 is 2.13 bits per heavy atom. The van der Waals surface area contributed by atoms with Gasteiger partial charge in [-0.1, -0.05) is 12.1 Å². The molecule has 2 saturated heterocycles. The van der Waals surface area contributed by atoms with Crippen molar-refractivity contribution in [1.29, 1.82) is 0 Å². The highest BCUT2D eigenvalue weighted by molar-refractivity contribution is 5.97. The van der Waals surface area contributed by atoms with Gasteiger partial charge in [0.2, 0.25) is 0 Å². The lowest BCUT2D eigenvalue weighted by Gasteiger charge is -2.29. The van der Waals surface area contributed by atoms with E-state index in [1.54, 1.807) is 6.20 Å². The number of nitrogens with zero attached hydrogens (tertiary/aromatic N) is 2. The van der Waals surface area contributed by atoms with E-state index in [-0.39, 0.29) is 24.4 Å². The molecule has 0 saturated carbocycles. The molecule has 2 aromatic rings. The van der Waals surface area contributed by atoms with Crippen LogP contribution in [-0.2, 0) is 6.42 Å². The first-order chi connectivity index (χ1) is 10.7. The molecule has 2 aliphatic rings. The van der Waals surface area contributed by atoms with Crippen molar-refractivity contribution in [2.45, 2.75) is 57.2 Å². The predicted octanol–water partition coefficient (Wildman–Crippen LogP) is 2.22. The summed E-state index contributed by atoms with van der Waals surface area (Å²) in [5.74, 6) is -0.0519. The number of piperidine rings is 1. The number of amides is 1. The number of hydrogen-bond donors (Lipinski definition) is 2. The van der Waals surface area contributed by atoms with Crippen LogP contribution in [0.3, 0.4) is 0 Å². The Balaban J connectivity index is 0.00000156. The third-order valence-corrected chi connectivity index (χ3v) is 4.81. The third kappa shape index (κ3) is 3.05. The van der Waals surface area contributed by atoms with E-state index in [1.165, 1.54) is 12.8 Å². The standard InChI is InChI=1S/C16H20N4O2.ClH/c1-2-14-13-5-9(8-17-16(13)22-20-14)15(21)19-12-6-10-3-4-11(7-12)18-10;/h5,8,10-12,18H,2-4,6-7H2,1H3,(H,19,21);1H. The van der Waals surface area contributed by atoms with Crippen LogP contribution in [0.5, 0.6) is 0 Å². The average molecular weight is 337 g/mol. The summed E-state index contributed by atoms with van der Waals surface area (Å²) in [6, 6.07) is 3.22. The average Bonchev–Trinajstić information content (AvgIpc) is 3.09. The highest BCUT2D eigenvalue weighted by atomic mass is 35.5. The molecular formula is C16H21ClN4O2. The van der Waals surface area contributed by atoms with Gasteiger partial charge in [0.1, 0.15) is 0 Å². The summed E-state index contributed by atoms with van der Waals surface area (Å²) in [4.78, 5) is 16.7. The lowest BCUT2D eigenvalue weighted by atomic mass is 9.99. The molecule has 2 atom stereocenters. The summed E-state index contributed by atoms with van der Waals surface area (Å²) in [6.07, 6.45) is 6.82. The number of carbonyl (C=O) groups excluding carboxylic acids is 1. The number of pyridine rings is 1. The normalized spacial score (nSPS) is 26.0. The van der Waals surface area contributed by atoms with Gasteiger partial charge in [-0.2, -0.15) is 0 Å². The van der Waals surface area contributed by atoms with Crippen molar-refractivity contribution < 1.29 is 9.32 Å². The molecule has 0 radical (unpaired) electrons. The number of nitrogens with one attached hydrogen (secondary N) is 2. The molecule has 7 heteroatoms. The van der Waals surface area contributed by atoms with Crippen molar-refractivity contribution >= 4 is 29.4 Å². The van der Waals surface area contributed by atoms with Gasteiger partial charge < -0.3 is 15.2 Å². The van der Waals surface area contributed by atoms with E-state index in [1.807, 2.05) is 13.0 Å². The van der Waals surface area contributed by atoms with E-state index >= 15 is 0 Å². The molecule has 23 heavy (non-hydrogen) atoms. The van der Waals surface area contributed by atoms with Gasteiger partial charge in [-0.05, 0) is 38.2 Å². The number of carbonyl (C=O) groups is 1. The van der Waals surface area contributed by atoms with E-state index in [0.29, 0.717) is 23.4 Å². The van der Waals surface area contributed by atoms with Crippen LogP contribution < -0.4 is 10.6 Å². The monoisotopic (exact) mass is 336 g/mol. The third-order valence-electron chi connectivity index (χ3n) is 4.81. The molecule has 1 amide bonds. The summed E-state index contributed by atoms with van der Waals surface area (Å²) in [5.41, 5.74) is 1.92. The van der Waals surface area contributed by atoms with Gasteiger partial charge in [0.05, 0.1) is 16.6 Å². The van der Waals surface area contributed by atoms with Gasteiger partial charge in [0, 0.05) is 24.3 Å². The molecule has 2 fully saturated rings. The zero-order valence-corrected chi connectivity index (χ0v) is 13.9. The summed E-state index contributed by atoms with van der Waals surface area (Å²) >= 11 is 0. The molecule has 2 aliphatic heterocycles. The summed E-state index contributed by atoms with van der Waals surface area (Å²) in [6.45, 7) is 2.01. The molecule has 0 aromatic carbocycles. The van der Waals surface area contributed by atoms with E-state index < -0.39 is 0 Å². The second-order valence-electron chi connectivity index (χ2n) is 6.34. The van der Waals surface area contributed by atoms with E-state index in [9.17, 15) is 4.79 Å². The summed E-state index contributed by atoms with van der Waals surface area (Å²) in [5, 5.41) is 11.6. The molecule has 0 spiro atoms. The second-order valence-corrected chi connectivity index (χ2v) is 6.34. The van der Waals surface area contributed by atoms with Crippen LogP contribution in [0, 0.1) is 0 Å². The number of fused-ring (bicyclic) bond motifs is 3. The minimum Gasteiger partial charge on any atom is -0.349 e. The van der Waals surface area contributed by atoms with Crippen molar-refractivity contribution in [2.24, 2.45) is 0 Å². The lowest BCUT2D eigenvalue weighted by Crippen LogP contribution is -2.48. The van der Waals surface area contributed by atoms with Crippen molar-refractivity contribution in [3.05, 3.63) is 23.5 Å². The first-order valence-corrected chi connectivity index (χ1v) is 8.04. The van der Waals surface area contributed by atoms with Gasteiger partial charge in [-0.3, -0.25) is 4.79 Å². The Kier molecular flexibility index (Phi) is 4.55. The zero-order valence-electron chi connectivity index (χ0n) is 13.0. The SMILES string of the molecule is CCc1noc2ncc(C(=O)NC3CC4CCC(C3)N4)cc12.Cl. The maximum atomic E-state index is 12.5. The second kappa shape index (κ2) is 6.45. The molecule has 2 aromatic heterocycles. The van der Waals surface area contributed by atoms with Crippen LogP contribution in [0.25, 0.3) is 11.1 Å². The van der Waals surface area contributed by atoms with Crippen LogP contribution in [0.4, 0.5) is 0 Å². The maximum absolute atomic E-state index is 12.5. The Labute approximate surface area is 140 Å². The van der Waals surface area contributed by atoms with Crippen molar-refractivity contribution in [3.63, 3.8) is 0 Å². The molecule has 2 bridgehead atoms. The highest BCUT2D eigenvalue weighted by Crippen LogP contribution is 2.27. The van der Waals surface area contributed by atoms with E-state index in [2.05, 4.69) is 20.8 Å². The molecule has 124 valence electrons. The number of aryl methyl sites for hydroxylation is 1. The molecule has 4 heterocycles. The zero-order chi connectivity index (χ0) is 15.1. The van der Waals surface area contributed by atoms with Crippen molar-refractivity contribution in [1.82, 2.24) is 20.8 Å². The fraction of sp³-hybridized carbons (Fsp3) is 0.562. The molecule has 6 nitrogen and oxygen atoms in total. The molecule has 0 aliphatic carbocycles. The van der Waals surface area contributed by atoms with E-state index in [0.717, 1.165) is 30.3 Å². The topological polar surface area (TPSA) is 80.0 Å². The van der Waals surface area contributed by atoms with Crippen LogP contribution >= 0.6 is 12.4 Å². The predicted molar refractivity (Wildman–Crippen MR) is 88.9 cm³/mol. The smallest absolute Gasteiger partial charge is 0.257 e. The van der Waals surface area contributed by atoms with Gasteiger partial charge in [-0.25, -0.2) is 4.98 Å². The van der Waals surface area contributed by atoms with Crippen LogP contribution in [0.2, 0.25) is 0 Å². The summed E-state index contributed by atoms with van der Waals surface area (Å²) < 4.78 is 5.16. The highest BCUT2D eigenvalue weighted by Gasteiger charge is 2.34. The molecular weight excluding hydrogens is 316 g/mol. The summed E-state index contributed by atoms with van der Waals surface area (Å²) in [7, 11) is 0. The number of hydrogen-bond acceptors (Lipinski definition) is 5. The lowest BCUT2D eigenvalue weighted by molar-refractivity contribution is 0.0924. The first kappa shape index (κ1) is 16.2. The van der Waals surface area contributed by atoms with E-state index in [4.69, 9.17) is 4.52 Å². The first-order valence-electron chi connectivity index (χ1n) is 8.04. The largest absolute Gasteiger partial charge is 0.349 e. The van der Waals surface area contributed by atoms with Crippen molar-refractivity contribution in [3.8, 4) is 0 Å². The number of rotatable bonds is 3.